The lowest BCUT2D eigenvalue weighted by atomic mass is 9.83. The van der Waals surface area contributed by atoms with Gasteiger partial charge in [0, 0.05) is 24.7 Å². The Bertz CT molecular complexity index is 341. The molecule has 1 amide bonds. The van der Waals surface area contributed by atoms with Gasteiger partial charge in [-0.3, -0.25) is 0 Å². The molecule has 0 aromatic carbocycles. The zero-order valence-corrected chi connectivity index (χ0v) is 14.3. The standard InChI is InChI=1S/C14H29NO4Si/c1-14(2,3)20(4,5)19-11-6-7-12(15-13(17)18)10(8-11)9-16/h10-12,15-16H,6-9H2,1-5H3,(H,17,18)/t10-,11-,12+/m1/s1. The van der Waals surface area contributed by atoms with Crippen molar-refractivity contribution in [1.29, 1.82) is 0 Å². The van der Waals surface area contributed by atoms with Crippen LogP contribution in [0.5, 0.6) is 0 Å². The first-order valence-corrected chi connectivity index (χ1v) is 10.3. The van der Waals surface area contributed by atoms with E-state index in [1.807, 2.05) is 0 Å². The second-order valence-corrected chi connectivity index (χ2v) is 12.1. The molecular weight excluding hydrogens is 274 g/mol. The summed E-state index contributed by atoms with van der Waals surface area (Å²) < 4.78 is 6.38. The van der Waals surface area contributed by atoms with Gasteiger partial charge in [-0.15, -0.1) is 0 Å². The van der Waals surface area contributed by atoms with Crippen molar-refractivity contribution in [2.75, 3.05) is 6.61 Å². The minimum absolute atomic E-state index is 0.00229. The van der Waals surface area contributed by atoms with E-state index in [-0.39, 0.29) is 29.7 Å². The molecule has 0 unspecified atom stereocenters. The largest absolute Gasteiger partial charge is 0.465 e. The molecule has 1 rings (SSSR count). The molecule has 0 bridgehead atoms. The molecule has 5 nitrogen and oxygen atoms in total. The Hall–Kier alpha value is -0.593. The zero-order valence-electron chi connectivity index (χ0n) is 13.3. The maximum Gasteiger partial charge on any atom is 0.404 e. The summed E-state index contributed by atoms with van der Waals surface area (Å²) in [7, 11) is -1.81. The summed E-state index contributed by atoms with van der Waals surface area (Å²) in [6, 6.07) is -0.156. The third-order valence-electron chi connectivity index (χ3n) is 4.75. The molecule has 0 aliphatic heterocycles. The van der Waals surface area contributed by atoms with Gasteiger partial charge in [0.2, 0.25) is 0 Å². The molecule has 1 aliphatic carbocycles. The van der Waals surface area contributed by atoms with Gasteiger partial charge in [-0.05, 0) is 37.4 Å². The molecule has 20 heavy (non-hydrogen) atoms. The van der Waals surface area contributed by atoms with E-state index in [0.717, 1.165) is 19.3 Å². The van der Waals surface area contributed by atoms with Crippen LogP contribution >= 0.6 is 0 Å². The number of carbonyl (C=O) groups is 1. The molecule has 3 N–H and O–H groups in total. The van der Waals surface area contributed by atoms with Gasteiger partial charge in [-0.2, -0.15) is 0 Å². The molecule has 118 valence electrons. The highest BCUT2D eigenvalue weighted by Gasteiger charge is 2.41. The summed E-state index contributed by atoms with van der Waals surface area (Å²) in [6.07, 6.45) is 1.44. The lowest BCUT2D eigenvalue weighted by molar-refractivity contribution is 0.0606. The van der Waals surface area contributed by atoms with Gasteiger partial charge in [0.25, 0.3) is 0 Å². The Morgan fingerprint density at radius 1 is 1.35 bits per heavy atom. The highest BCUT2D eigenvalue weighted by molar-refractivity contribution is 6.74. The molecular formula is C14H29NO4Si. The smallest absolute Gasteiger partial charge is 0.404 e. The number of carboxylic acid groups (broad SMARTS) is 1. The minimum Gasteiger partial charge on any atom is -0.465 e. The van der Waals surface area contributed by atoms with Crippen molar-refractivity contribution >= 4 is 14.4 Å². The van der Waals surface area contributed by atoms with Crippen molar-refractivity contribution in [2.24, 2.45) is 5.92 Å². The van der Waals surface area contributed by atoms with Crippen LogP contribution in [0.4, 0.5) is 4.79 Å². The predicted octanol–water partition coefficient (Wildman–Crippen LogP) is 2.81. The third kappa shape index (κ3) is 4.46. The van der Waals surface area contributed by atoms with E-state index in [0.29, 0.717) is 0 Å². The molecule has 0 aromatic heterocycles. The first-order valence-electron chi connectivity index (χ1n) is 7.35. The molecule has 3 atom stereocenters. The van der Waals surface area contributed by atoms with Crippen LogP contribution in [0, 0.1) is 5.92 Å². The summed E-state index contributed by atoms with van der Waals surface area (Å²) in [5.74, 6) is -0.0466. The summed E-state index contributed by atoms with van der Waals surface area (Å²) in [5.41, 5.74) is 0. The van der Waals surface area contributed by atoms with Crippen LogP contribution < -0.4 is 5.32 Å². The highest BCUT2D eigenvalue weighted by Crippen LogP contribution is 2.39. The first-order chi connectivity index (χ1) is 9.06. The fraction of sp³-hybridized carbons (Fsp3) is 0.929. The molecule has 1 aliphatic rings. The second kappa shape index (κ2) is 6.45. The number of aliphatic hydroxyl groups excluding tert-OH is 1. The summed E-state index contributed by atoms with van der Waals surface area (Å²) in [5, 5.41) is 21.0. The van der Waals surface area contributed by atoms with Crippen LogP contribution in [0.2, 0.25) is 18.1 Å². The molecule has 0 aromatic rings. The molecule has 0 radical (unpaired) electrons. The van der Waals surface area contributed by atoms with Crippen LogP contribution in [-0.2, 0) is 4.43 Å². The van der Waals surface area contributed by atoms with Crippen molar-refractivity contribution in [3.05, 3.63) is 0 Å². The summed E-state index contributed by atoms with van der Waals surface area (Å²) >= 11 is 0. The molecule has 1 saturated carbocycles. The van der Waals surface area contributed by atoms with Gasteiger partial charge in [0.1, 0.15) is 0 Å². The van der Waals surface area contributed by atoms with Crippen LogP contribution in [0.25, 0.3) is 0 Å². The van der Waals surface area contributed by atoms with Crippen LogP contribution in [-0.4, -0.2) is 43.4 Å². The SMILES string of the molecule is CC(C)(C)[Si](C)(C)O[C@@H]1CC[C@H](NC(=O)O)[C@@H](CO)C1. The van der Waals surface area contributed by atoms with Crippen molar-refractivity contribution in [3.63, 3.8) is 0 Å². The predicted molar refractivity (Wildman–Crippen MR) is 81.4 cm³/mol. The molecule has 6 heteroatoms. The Morgan fingerprint density at radius 2 is 1.95 bits per heavy atom. The average molecular weight is 303 g/mol. The number of aliphatic hydroxyl groups is 1. The Balaban J connectivity index is 2.63. The van der Waals surface area contributed by atoms with Crippen LogP contribution in [0.3, 0.4) is 0 Å². The molecule has 0 heterocycles. The van der Waals surface area contributed by atoms with Crippen molar-refractivity contribution < 1.29 is 19.4 Å². The van der Waals surface area contributed by atoms with E-state index in [9.17, 15) is 9.90 Å². The van der Waals surface area contributed by atoms with Gasteiger partial charge in [-0.25, -0.2) is 4.79 Å². The first kappa shape index (κ1) is 17.5. The maximum absolute atomic E-state index is 10.8. The Morgan fingerprint density at radius 3 is 2.40 bits per heavy atom. The van der Waals surface area contributed by atoms with Gasteiger partial charge < -0.3 is 20.0 Å². The lowest BCUT2D eigenvalue weighted by Crippen LogP contribution is -2.50. The fourth-order valence-electron chi connectivity index (χ4n) is 2.47. The van der Waals surface area contributed by atoms with E-state index in [4.69, 9.17) is 9.53 Å². The van der Waals surface area contributed by atoms with Crippen LogP contribution in [0.1, 0.15) is 40.0 Å². The van der Waals surface area contributed by atoms with E-state index in [2.05, 4.69) is 39.2 Å². The lowest BCUT2D eigenvalue weighted by Gasteiger charge is -2.43. The fourth-order valence-corrected chi connectivity index (χ4v) is 3.87. The number of hydrogen-bond acceptors (Lipinski definition) is 3. The number of amides is 1. The monoisotopic (exact) mass is 303 g/mol. The van der Waals surface area contributed by atoms with Crippen molar-refractivity contribution in [3.8, 4) is 0 Å². The zero-order chi connectivity index (χ0) is 15.6. The topological polar surface area (TPSA) is 78.8 Å². The molecule has 0 spiro atoms. The van der Waals surface area contributed by atoms with Gasteiger partial charge >= 0.3 is 6.09 Å². The normalized spacial score (nSPS) is 28.2. The summed E-state index contributed by atoms with van der Waals surface area (Å²) in [6.45, 7) is 11.1. The number of nitrogens with one attached hydrogen (secondary N) is 1. The molecule has 0 saturated heterocycles. The maximum atomic E-state index is 10.8. The third-order valence-corrected chi connectivity index (χ3v) is 9.28. The second-order valence-electron chi connectivity index (χ2n) is 7.31. The molecule has 1 fully saturated rings. The Kier molecular flexibility index (Phi) is 5.63. The van der Waals surface area contributed by atoms with Crippen LogP contribution in [0.15, 0.2) is 0 Å². The quantitative estimate of drug-likeness (QED) is 0.698. The highest BCUT2D eigenvalue weighted by atomic mass is 28.4. The minimum atomic E-state index is -1.81. The van der Waals surface area contributed by atoms with E-state index >= 15 is 0 Å². The van der Waals surface area contributed by atoms with Gasteiger partial charge in [0.15, 0.2) is 8.32 Å². The Labute approximate surface area is 122 Å². The van der Waals surface area contributed by atoms with Gasteiger partial charge in [0.05, 0.1) is 0 Å². The van der Waals surface area contributed by atoms with Crippen molar-refractivity contribution in [2.45, 2.75) is 70.3 Å². The van der Waals surface area contributed by atoms with Crippen molar-refractivity contribution in [1.82, 2.24) is 5.32 Å². The number of rotatable bonds is 4. The summed E-state index contributed by atoms with van der Waals surface area (Å²) in [4.78, 5) is 10.8. The average Bonchev–Trinajstić information content (AvgIpc) is 2.28. The van der Waals surface area contributed by atoms with E-state index in [1.165, 1.54) is 0 Å². The van der Waals surface area contributed by atoms with E-state index < -0.39 is 14.4 Å². The number of hydrogen-bond donors (Lipinski definition) is 3. The van der Waals surface area contributed by atoms with E-state index in [1.54, 1.807) is 0 Å². The van der Waals surface area contributed by atoms with Gasteiger partial charge in [-0.1, -0.05) is 20.8 Å².